The summed E-state index contributed by atoms with van der Waals surface area (Å²) in [6.07, 6.45) is 4.93. The first-order chi connectivity index (χ1) is 10.8. The molecule has 0 spiro atoms. The predicted molar refractivity (Wildman–Crippen MR) is 85.0 cm³/mol. The molecule has 1 amide bonds. The molecule has 0 N–H and O–H groups in total. The van der Waals surface area contributed by atoms with Crippen molar-refractivity contribution >= 4 is 5.91 Å². The number of amides is 1. The second kappa shape index (κ2) is 7.14. The van der Waals surface area contributed by atoms with E-state index >= 15 is 0 Å². The summed E-state index contributed by atoms with van der Waals surface area (Å²) in [4.78, 5) is 14.5. The van der Waals surface area contributed by atoms with Gasteiger partial charge in [-0.1, -0.05) is 18.2 Å². The third-order valence-electron chi connectivity index (χ3n) is 4.74. The van der Waals surface area contributed by atoms with Crippen LogP contribution in [0.15, 0.2) is 24.3 Å². The van der Waals surface area contributed by atoms with Gasteiger partial charge in [0.2, 0.25) is 0 Å². The van der Waals surface area contributed by atoms with Crippen molar-refractivity contribution in [1.29, 1.82) is 0 Å². The lowest BCUT2D eigenvalue weighted by Crippen LogP contribution is -2.45. The molecule has 120 valence electrons. The summed E-state index contributed by atoms with van der Waals surface area (Å²) in [6.45, 7) is 2.45. The van der Waals surface area contributed by atoms with Gasteiger partial charge in [0.05, 0.1) is 7.11 Å². The Labute approximate surface area is 132 Å². The number of hydrogen-bond acceptors (Lipinski definition) is 3. The number of benzene rings is 1. The molecule has 4 nitrogen and oxygen atoms in total. The van der Waals surface area contributed by atoms with Crippen molar-refractivity contribution in [2.45, 2.75) is 38.2 Å². The van der Waals surface area contributed by atoms with E-state index in [0.29, 0.717) is 5.92 Å². The minimum Gasteiger partial charge on any atom is -0.496 e. The molecule has 22 heavy (non-hydrogen) atoms. The van der Waals surface area contributed by atoms with E-state index in [4.69, 9.17) is 9.47 Å². The van der Waals surface area contributed by atoms with E-state index in [1.165, 1.54) is 12.0 Å². The van der Waals surface area contributed by atoms with Crippen LogP contribution in [0.5, 0.6) is 5.75 Å². The molecule has 2 aliphatic heterocycles. The number of rotatable bonds is 4. The highest BCUT2D eigenvalue weighted by atomic mass is 16.5. The Kier molecular flexibility index (Phi) is 4.98. The molecule has 4 heteroatoms. The van der Waals surface area contributed by atoms with Crippen molar-refractivity contribution in [2.24, 2.45) is 5.92 Å². The van der Waals surface area contributed by atoms with Crippen LogP contribution in [0.2, 0.25) is 0 Å². The maximum atomic E-state index is 12.5. The number of carbonyl (C=O) groups excluding carboxylic acids is 1. The molecule has 0 aromatic heterocycles. The smallest absolute Gasteiger partial charge is 0.251 e. The molecule has 2 atom stereocenters. The van der Waals surface area contributed by atoms with Gasteiger partial charge in [-0.25, -0.2) is 0 Å². The molecule has 2 saturated heterocycles. The van der Waals surface area contributed by atoms with Crippen molar-refractivity contribution in [3.05, 3.63) is 29.8 Å². The van der Waals surface area contributed by atoms with Crippen LogP contribution in [0.3, 0.4) is 0 Å². The molecule has 1 aromatic rings. The summed E-state index contributed by atoms with van der Waals surface area (Å²) in [5.41, 5.74) is 1.24. The van der Waals surface area contributed by atoms with E-state index in [1.54, 1.807) is 7.11 Å². The summed E-state index contributed by atoms with van der Waals surface area (Å²) in [5.74, 6) is 1.66. The van der Waals surface area contributed by atoms with Crippen LogP contribution in [0.25, 0.3) is 0 Å². The molecule has 0 saturated carbocycles. The second-order valence-electron chi connectivity index (χ2n) is 6.31. The Hall–Kier alpha value is -1.55. The number of hydrogen-bond donors (Lipinski definition) is 0. The molecule has 0 bridgehead atoms. The Morgan fingerprint density at radius 1 is 1.32 bits per heavy atom. The standard InChI is InChI=1S/C18H25NO3/c1-21-16-8-3-2-7-15(16)12-14-6-4-10-19(13-14)18(20)17-9-5-11-22-17/h2-3,7-8,14,17H,4-6,9-13H2,1H3/t14-,17-/m1/s1. The van der Waals surface area contributed by atoms with Crippen LogP contribution >= 0.6 is 0 Å². The minimum absolute atomic E-state index is 0.190. The Bertz CT molecular complexity index is 511. The summed E-state index contributed by atoms with van der Waals surface area (Å²) in [6, 6.07) is 8.18. The monoisotopic (exact) mass is 303 g/mol. The zero-order chi connectivity index (χ0) is 15.4. The third-order valence-corrected chi connectivity index (χ3v) is 4.74. The van der Waals surface area contributed by atoms with E-state index < -0.39 is 0 Å². The van der Waals surface area contributed by atoms with Crippen LogP contribution < -0.4 is 4.74 Å². The van der Waals surface area contributed by atoms with Crippen LogP contribution in [-0.4, -0.2) is 43.7 Å². The lowest BCUT2D eigenvalue weighted by molar-refractivity contribution is -0.142. The first kappa shape index (κ1) is 15.3. The maximum absolute atomic E-state index is 12.5. The molecule has 3 rings (SSSR count). The number of carbonyl (C=O) groups is 1. The first-order valence-corrected chi connectivity index (χ1v) is 8.30. The van der Waals surface area contributed by atoms with Gasteiger partial charge in [-0.2, -0.15) is 0 Å². The van der Waals surface area contributed by atoms with E-state index in [9.17, 15) is 4.79 Å². The van der Waals surface area contributed by atoms with Gasteiger partial charge in [0.25, 0.3) is 5.91 Å². The number of nitrogens with zero attached hydrogens (tertiary/aromatic N) is 1. The van der Waals surface area contributed by atoms with E-state index in [2.05, 4.69) is 12.1 Å². The number of methoxy groups -OCH3 is 1. The average molecular weight is 303 g/mol. The van der Waals surface area contributed by atoms with Gasteiger partial charge in [-0.05, 0) is 49.7 Å². The quantitative estimate of drug-likeness (QED) is 0.858. The van der Waals surface area contributed by atoms with E-state index in [-0.39, 0.29) is 12.0 Å². The van der Waals surface area contributed by atoms with Crippen LogP contribution in [0.1, 0.15) is 31.2 Å². The number of likely N-dealkylation sites (tertiary alicyclic amines) is 1. The Morgan fingerprint density at radius 3 is 2.95 bits per heavy atom. The second-order valence-corrected chi connectivity index (χ2v) is 6.31. The molecule has 2 fully saturated rings. The minimum atomic E-state index is -0.190. The van der Waals surface area contributed by atoms with Gasteiger partial charge in [0.1, 0.15) is 11.9 Å². The molecule has 2 heterocycles. The largest absolute Gasteiger partial charge is 0.496 e. The van der Waals surface area contributed by atoms with Crippen molar-refractivity contribution in [2.75, 3.05) is 26.8 Å². The maximum Gasteiger partial charge on any atom is 0.251 e. The van der Waals surface area contributed by atoms with Gasteiger partial charge in [-0.15, -0.1) is 0 Å². The SMILES string of the molecule is COc1ccccc1C[C@H]1CCCN(C(=O)[C@H]2CCCO2)C1. The highest BCUT2D eigenvalue weighted by Gasteiger charge is 2.31. The van der Waals surface area contributed by atoms with Crippen molar-refractivity contribution in [3.8, 4) is 5.75 Å². The fourth-order valence-electron chi connectivity index (χ4n) is 3.59. The predicted octanol–water partition coefficient (Wildman–Crippen LogP) is 2.66. The molecular formula is C18H25NO3. The van der Waals surface area contributed by atoms with Crippen LogP contribution in [0.4, 0.5) is 0 Å². The Balaban J connectivity index is 1.61. The van der Waals surface area contributed by atoms with E-state index in [1.807, 2.05) is 17.0 Å². The fourth-order valence-corrected chi connectivity index (χ4v) is 3.59. The van der Waals surface area contributed by atoms with Crippen LogP contribution in [0, 0.1) is 5.92 Å². The van der Waals surface area contributed by atoms with E-state index in [0.717, 1.165) is 51.1 Å². The highest BCUT2D eigenvalue weighted by molar-refractivity contribution is 5.81. The van der Waals surface area contributed by atoms with Crippen molar-refractivity contribution < 1.29 is 14.3 Å². The lowest BCUT2D eigenvalue weighted by Gasteiger charge is -2.34. The van der Waals surface area contributed by atoms with Gasteiger partial charge >= 0.3 is 0 Å². The number of para-hydroxylation sites is 1. The summed E-state index contributed by atoms with van der Waals surface area (Å²) in [7, 11) is 1.72. The molecule has 1 aromatic carbocycles. The topological polar surface area (TPSA) is 38.8 Å². The zero-order valence-electron chi connectivity index (χ0n) is 13.3. The number of piperidine rings is 1. The number of ether oxygens (including phenoxy) is 2. The molecule has 0 radical (unpaired) electrons. The lowest BCUT2D eigenvalue weighted by atomic mass is 9.90. The summed E-state index contributed by atoms with van der Waals surface area (Å²) in [5, 5.41) is 0. The fraction of sp³-hybridized carbons (Fsp3) is 0.611. The van der Waals surface area contributed by atoms with Crippen molar-refractivity contribution in [3.63, 3.8) is 0 Å². The van der Waals surface area contributed by atoms with Gasteiger partial charge < -0.3 is 14.4 Å². The zero-order valence-corrected chi connectivity index (χ0v) is 13.3. The summed E-state index contributed by atoms with van der Waals surface area (Å²) < 4.78 is 11.0. The molecule has 0 aliphatic carbocycles. The van der Waals surface area contributed by atoms with Crippen molar-refractivity contribution in [1.82, 2.24) is 4.90 Å². The average Bonchev–Trinajstić information content (AvgIpc) is 3.09. The molecule has 0 unspecified atom stereocenters. The summed E-state index contributed by atoms with van der Waals surface area (Å²) >= 11 is 0. The normalized spacial score (nSPS) is 25.2. The van der Waals surface area contributed by atoms with Gasteiger partial charge in [0.15, 0.2) is 0 Å². The third kappa shape index (κ3) is 3.43. The molecule has 2 aliphatic rings. The van der Waals surface area contributed by atoms with Crippen LogP contribution in [-0.2, 0) is 16.0 Å². The highest BCUT2D eigenvalue weighted by Crippen LogP contribution is 2.27. The van der Waals surface area contributed by atoms with Gasteiger partial charge in [0, 0.05) is 19.7 Å². The van der Waals surface area contributed by atoms with Gasteiger partial charge in [-0.3, -0.25) is 4.79 Å². The Morgan fingerprint density at radius 2 is 2.18 bits per heavy atom. The molecular weight excluding hydrogens is 278 g/mol. The first-order valence-electron chi connectivity index (χ1n) is 8.30.